The molecule has 0 spiro atoms. The monoisotopic (exact) mass is 491 g/mol. The van der Waals surface area contributed by atoms with Gasteiger partial charge >= 0.3 is 6.03 Å². The molecule has 0 saturated carbocycles. The fourth-order valence-electron chi connectivity index (χ4n) is 4.08. The fraction of sp³-hybridized carbons (Fsp3) is 0.259. The second-order valence-electron chi connectivity index (χ2n) is 8.17. The highest BCUT2D eigenvalue weighted by Gasteiger charge is 2.43. The lowest BCUT2D eigenvalue weighted by Gasteiger charge is -2.30. The van der Waals surface area contributed by atoms with Gasteiger partial charge in [0.15, 0.2) is 0 Å². The summed E-state index contributed by atoms with van der Waals surface area (Å²) in [4.78, 5) is 28.6. The summed E-state index contributed by atoms with van der Waals surface area (Å²) < 4.78 is 10.7. The predicted molar refractivity (Wildman–Crippen MR) is 139 cm³/mol. The fourth-order valence-corrected chi connectivity index (χ4v) is 5.60. The third-order valence-corrected chi connectivity index (χ3v) is 7.25. The summed E-state index contributed by atoms with van der Waals surface area (Å²) in [6, 6.07) is 21.7. The highest BCUT2D eigenvalue weighted by atomic mass is 32.2. The molecule has 7 nitrogen and oxygen atoms in total. The van der Waals surface area contributed by atoms with Gasteiger partial charge in [-0.05, 0) is 47.9 Å². The number of amides is 3. The first kappa shape index (κ1) is 24.5. The molecule has 0 aliphatic carbocycles. The zero-order valence-corrected chi connectivity index (χ0v) is 20.8. The standard InChI is InChI=1S/C27H29N3O4S/c1-18-9-4-5-12-21(18)26-30(27(32)29-22-13-6-7-14-24(22)34-3)23(17-35-26)25(31)28-16-19-10-8-11-20(15-19)33-2/h4-15,23,26H,16-17H2,1-3H3,(H,28,31)(H,29,32). The molecule has 1 aliphatic rings. The smallest absolute Gasteiger partial charge is 0.323 e. The van der Waals surface area contributed by atoms with Gasteiger partial charge in [0, 0.05) is 12.3 Å². The Hall–Kier alpha value is -3.65. The minimum atomic E-state index is -0.634. The number of nitrogens with zero attached hydrogens (tertiary/aromatic N) is 1. The van der Waals surface area contributed by atoms with Crippen molar-refractivity contribution in [3.05, 3.63) is 89.5 Å². The van der Waals surface area contributed by atoms with Crippen LogP contribution in [0.1, 0.15) is 22.1 Å². The third-order valence-electron chi connectivity index (χ3n) is 5.94. The number of para-hydroxylation sites is 2. The van der Waals surface area contributed by atoms with Crippen LogP contribution in [0.2, 0.25) is 0 Å². The number of aryl methyl sites for hydroxylation is 1. The van der Waals surface area contributed by atoms with Gasteiger partial charge in [-0.15, -0.1) is 11.8 Å². The molecule has 0 radical (unpaired) electrons. The molecular formula is C27H29N3O4S. The van der Waals surface area contributed by atoms with Crippen molar-refractivity contribution in [2.24, 2.45) is 0 Å². The van der Waals surface area contributed by atoms with Crippen LogP contribution in [0, 0.1) is 6.92 Å². The van der Waals surface area contributed by atoms with Crippen LogP contribution in [0.5, 0.6) is 11.5 Å². The number of hydrogen-bond donors (Lipinski definition) is 2. The van der Waals surface area contributed by atoms with E-state index in [-0.39, 0.29) is 17.3 Å². The summed E-state index contributed by atoms with van der Waals surface area (Å²) >= 11 is 1.58. The molecule has 2 unspecified atom stereocenters. The molecule has 1 fully saturated rings. The molecule has 8 heteroatoms. The number of anilines is 1. The highest BCUT2D eigenvalue weighted by Crippen LogP contribution is 2.43. The van der Waals surface area contributed by atoms with E-state index in [0.717, 1.165) is 22.4 Å². The van der Waals surface area contributed by atoms with Gasteiger partial charge in [-0.3, -0.25) is 9.69 Å². The third kappa shape index (κ3) is 5.54. The number of rotatable bonds is 7. The van der Waals surface area contributed by atoms with Gasteiger partial charge in [0.25, 0.3) is 0 Å². The number of thioether (sulfide) groups is 1. The molecule has 1 aliphatic heterocycles. The quantitative estimate of drug-likeness (QED) is 0.488. The summed E-state index contributed by atoms with van der Waals surface area (Å²) in [5.41, 5.74) is 3.55. The van der Waals surface area contributed by atoms with Crippen LogP contribution in [-0.2, 0) is 11.3 Å². The van der Waals surface area contributed by atoms with Gasteiger partial charge in [0.2, 0.25) is 5.91 Å². The predicted octanol–water partition coefficient (Wildman–Crippen LogP) is 4.98. The number of ether oxygens (including phenoxy) is 2. The van der Waals surface area contributed by atoms with Crippen LogP contribution in [0.3, 0.4) is 0 Å². The second kappa shape index (κ2) is 11.2. The van der Waals surface area contributed by atoms with Crippen LogP contribution in [0.25, 0.3) is 0 Å². The molecule has 1 heterocycles. The Balaban J connectivity index is 1.58. The average molecular weight is 492 g/mol. The number of benzene rings is 3. The Morgan fingerprint density at radius 3 is 2.54 bits per heavy atom. The maximum Gasteiger partial charge on any atom is 0.323 e. The molecule has 182 valence electrons. The van der Waals surface area contributed by atoms with E-state index < -0.39 is 6.04 Å². The molecule has 3 aromatic rings. The van der Waals surface area contributed by atoms with Crippen molar-refractivity contribution in [1.82, 2.24) is 10.2 Å². The van der Waals surface area contributed by atoms with Crippen LogP contribution in [0.4, 0.5) is 10.5 Å². The van der Waals surface area contributed by atoms with Gasteiger partial charge in [0.1, 0.15) is 22.9 Å². The molecular weight excluding hydrogens is 462 g/mol. The van der Waals surface area contributed by atoms with Gasteiger partial charge in [-0.2, -0.15) is 0 Å². The van der Waals surface area contributed by atoms with Crippen molar-refractivity contribution in [2.75, 3.05) is 25.3 Å². The molecule has 4 rings (SSSR count). The van der Waals surface area contributed by atoms with E-state index in [9.17, 15) is 9.59 Å². The van der Waals surface area contributed by atoms with Gasteiger partial charge in [-0.25, -0.2) is 4.79 Å². The largest absolute Gasteiger partial charge is 0.497 e. The molecule has 2 atom stereocenters. The molecule has 0 aromatic heterocycles. The Labute approximate surface area is 209 Å². The SMILES string of the molecule is COc1cccc(CNC(=O)C2CSC(c3ccccc3C)N2C(=O)Nc2ccccc2OC)c1. The molecule has 2 N–H and O–H groups in total. The van der Waals surface area contributed by atoms with Crippen LogP contribution in [0.15, 0.2) is 72.8 Å². The van der Waals surface area contributed by atoms with Crippen molar-refractivity contribution < 1.29 is 19.1 Å². The Kier molecular flexibility index (Phi) is 7.82. The van der Waals surface area contributed by atoms with Crippen molar-refractivity contribution in [1.29, 1.82) is 0 Å². The molecule has 0 bridgehead atoms. The molecule has 1 saturated heterocycles. The number of carbonyl (C=O) groups is 2. The van der Waals surface area contributed by atoms with Crippen molar-refractivity contribution in [3.63, 3.8) is 0 Å². The van der Waals surface area contributed by atoms with Crippen LogP contribution in [-0.4, -0.2) is 42.9 Å². The van der Waals surface area contributed by atoms with Gasteiger partial charge in [0.05, 0.1) is 19.9 Å². The summed E-state index contributed by atoms with van der Waals surface area (Å²) in [6.45, 7) is 2.36. The van der Waals surface area contributed by atoms with Gasteiger partial charge < -0.3 is 20.1 Å². The molecule has 3 aromatic carbocycles. The first-order valence-electron chi connectivity index (χ1n) is 11.3. The lowest BCUT2D eigenvalue weighted by Crippen LogP contribution is -2.49. The average Bonchev–Trinajstić information content (AvgIpc) is 3.33. The van der Waals surface area contributed by atoms with Crippen molar-refractivity contribution in [2.45, 2.75) is 24.9 Å². The first-order valence-corrected chi connectivity index (χ1v) is 12.4. The van der Waals surface area contributed by atoms with Crippen LogP contribution < -0.4 is 20.1 Å². The maximum atomic E-state index is 13.6. The zero-order valence-electron chi connectivity index (χ0n) is 20.0. The lowest BCUT2D eigenvalue weighted by atomic mass is 10.1. The highest BCUT2D eigenvalue weighted by molar-refractivity contribution is 7.99. The molecule has 3 amide bonds. The van der Waals surface area contributed by atoms with E-state index >= 15 is 0 Å². The zero-order chi connectivity index (χ0) is 24.8. The number of methoxy groups -OCH3 is 2. The normalized spacial score (nSPS) is 17.1. The van der Waals surface area contributed by atoms with E-state index in [1.165, 1.54) is 0 Å². The van der Waals surface area contributed by atoms with Crippen molar-refractivity contribution in [3.8, 4) is 11.5 Å². The number of urea groups is 1. The topological polar surface area (TPSA) is 79.9 Å². The number of carbonyl (C=O) groups excluding carboxylic acids is 2. The summed E-state index contributed by atoms with van der Waals surface area (Å²) in [5.74, 6) is 1.57. The Morgan fingerprint density at radius 1 is 1.00 bits per heavy atom. The Morgan fingerprint density at radius 2 is 1.77 bits per heavy atom. The minimum absolute atomic E-state index is 0.202. The summed E-state index contributed by atoms with van der Waals surface area (Å²) in [6.07, 6.45) is 0. The summed E-state index contributed by atoms with van der Waals surface area (Å²) in [5, 5.41) is 5.65. The van der Waals surface area contributed by atoms with Gasteiger partial charge in [-0.1, -0.05) is 48.5 Å². The first-order chi connectivity index (χ1) is 17.0. The maximum absolute atomic E-state index is 13.6. The van der Waals surface area contributed by atoms with Crippen LogP contribution >= 0.6 is 11.8 Å². The second-order valence-corrected chi connectivity index (χ2v) is 9.28. The van der Waals surface area contributed by atoms with E-state index in [2.05, 4.69) is 10.6 Å². The number of nitrogens with one attached hydrogen (secondary N) is 2. The van der Waals surface area contributed by atoms with E-state index in [1.54, 1.807) is 43.0 Å². The molecule has 35 heavy (non-hydrogen) atoms. The van der Waals surface area contributed by atoms with Crippen molar-refractivity contribution >= 4 is 29.4 Å². The minimum Gasteiger partial charge on any atom is -0.497 e. The summed E-state index contributed by atoms with van der Waals surface area (Å²) in [7, 11) is 3.17. The lowest BCUT2D eigenvalue weighted by molar-refractivity contribution is -0.124. The van der Waals surface area contributed by atoms with E-state index in [1.807, 2.05) is 67.6 Å². The van der Waals surface area contributed by atoms with E-state index in [4.69, 9.17) is 9.47 Å². The van der Waals surface area contributed by atoms with E-state index in [0.29, 0.717) is 23.7 Å². The Bertz CT molecular complexity index is 1200. The number of hydrogen-bond acceptors (Lipinski definition) is 5.